The number of rotatable bonds is 9. The summed E-state index contributed by atoms with van der Waals surface area (Å²) in [6.07, 6.45) is -3.27. The molecule has 0 aliphatic rings. The third kappa shape index (κ3) is 10.0. The smallest absolute Gasteiger partial charge is 1.00 e. The Kier molecular flexibility index (Phi) is 13.3. The molecule has 0 fully saturated rings. The molecule has 0 radical (unpaired) electrons. The van der Waals surface area contributed by atoms with Crippen molar-refractivity contribution < 1.29 is 98.1 Å². The number of aliphatic hydroxyl groups is 2. The molecule has 34 heavy (non-hydrogen) atoms. The summed E-state index contributed by atoms with van der Waals surface area (Å²) in [5, 5.41) is 20.5. The summed E-state index contributed by atoms with van der Waals surface area (Å²) in [5.74, 6) is -1.77. The van der Waals surface area contributed by atoms with Crippen molar-refractivity contribution in [3.63, 3.8) is 0 Å². The van der Waals surface area contributed by atoms with Gasteiger partial charge in [0.1, 0.15) is 11.5 Å². The molecule has 0 aliphatic carbocycles. The van der Waals surface area contributed by atoms with Crippen LogP contribution in [0.5, 0.6) is 0 Å². The number of anilines is 2. The van der Waals surface area contributed by atoms with Crippen LogP contribution in [0, 0.1) is 13.8 Å². The summed E-state index contributed by atoms with van der Waals surface area (Å²) in [4.78, 5) is 0. The van der Waals surface area contributed by atoms with E-state index >= 15 is 0 Å². The molecule has 0 bridgehead atoms. The minimum atomic E-state index is -4.44. The molecule has 0 aliphatic heterocycles. The topological polar surface area (TPSA) is 201 Å². The van der Waals surface area contributed by atoms with Gasteiger partial charge in [-0.15, -0.1) is 0 Å². The van der Waals surface area contributed by atoms with Crippen LogP contribution in [0.3, 0.4) is 0 Å². The maximum absolute atomic E-state index is 11.2. The summed E-state index contributed by atoms with van der Waals surface area (Å²) >= 11 is 0. The van der Waals surface area contributed by atoms with Crippen LogP contribution < -0.4 is 70.6 Å². The zero-order valence-corrected chi connectivity index (χ0v) is 25.3. The van der Waals surface area contributed by atoms with Crippen molar-refractivity contribution in [2.24, 2.45) is 0 Å². The van der Waals surface area contributed by atoms with E-state index in [2.05, 4.69) is 0 Å². The standard InChI is InChI=1S/C20H28N2O8S2.2Na.2H/c1-11-5-13(3-4-18(11)21)20-14(6-15(23)9-31(25,26)27)7-19(22)12(2)17(20)8-16(24)10-32(28,29)30;;;;/h3-5,7,15-16,23-24H,6,8-10,21-22H2,1-2H3,(H,25,26,27)(H,28,29,30);;;;/q;2*+1;2*-1. The van der Waals surface area contributed by atoms with Gasteiger partial charge in [-0.2, -0.15) is 16.8 Å². The first kappa shape index (κ1) is 33.8. The van der Waals surface area contributed by atoms with Crippen molar-refractivity contribution >= 4 is 31.6 Å². The fourth-order valence-electron chi connectivity index (χ4n) is 3.62. The summed E-state index contributed by atoms with van der Waals surface area (Å²) in [7, 11) is -8.87. The number of benzene rings is 2. The SMILES string of the molecule is Cc1cc(-c2c(CC(O)CS(=O)(=O)O)cc(N)c(C)c2CC(O)CS(=O)(=O)O)ccc1N.[H-].[H-].[Na+].[Na+]. The second kappa shape index (κ2) is 13.4. The maximum atomic E-state index is 11.2. The molecule has 0 spiro atoms. The predicted octanol–water partition coefficient (Wildman–Crippen LogP) is -5.05. The van der Waals surface area contributed by atoms with E-state index in [0.29, 0.717) is 33.5 Å². The van der Waals surface area contributed by atoms with Gasteiger partial charge in [-0.25, -0.2) is 0 Å². The van der Waals surface area contributed by atoms with Crippen LogP contribution in [0.15, 0.2) is 24.3 Å². The Morgan fingerprint density at radius 1 is 0.853 bits per heavy atom. The van der Waals surface area contributed by atoms with Gasteiger partial charge >= 0.3 is 59.1 Å². The second-order valence-electron chi connectivity index (χ2n) is 7.89. The van der Waals surface area contributed by atoms with Crippen LogP contribution in [0.1, 0.15) is 25.1 Å². The first-order valence-corrected chi connectivity index (χ1v) is 12.8. The fraction of sp³-hybridized carbons (Fsp3) is 0.400. The summed E-state index contributed by atoms with van der Waals surface area (Å²) in [6, 6.07) is 6.68. The van der Waals surface area contributed by atoms with Crippen LogP contribution in [0.4, 0.5) is 11.4 Å². The van der Waals surface area contributed by atoms with Crippen molar-refractivity contribution in [2.45, 2.75) is 38.9 Å². The molecule has 2 aromatic rings. The average Bonchev–Trinajstić information content (AvgIpc) is 2.59. The Morgan fingerprint density at radius 3 is 1.82 bits per heavy atom. The van der Waals surface area contributed by atoms with Gasteiger partial charge in [-0.05, 0) is 65.4 Å². The number of nitrogen functional groups attached to an aromatic ring is 2. The molecule has 2 unspecified atom stereocenters. The van der Waals surface area contributed by atoms with Crippen LogP contribution in [0.25, 0.3) is 11.1 Å². The molecule has 2 rings (SSSR count). The van der Waals surface area contributed by atoms with Gasteiger partial charge in [0.25, 0.3) is 20.2 Å². The molecule has 0 saturated carbocycles. The number of nitrogens with two attached hydrogens (primary N) is 2. The molecule has 0 aromatic heterocycles. The van der Waals surface area contributed by atoms with Gasteiger partial charge in [0.2, 0.25) is 0 Å². The fourth-order valence-corrected chi connectivity index (χ4v) is 4.83. The average molecular weight is 537 g/mol. The van der Waals surface area contributed by atoms with Crippen molar-refractivity contribution in [1.29, 1.82) is 0 Å². The van der Waals surface area contributed by atoms with Gasteiger partial charge in [-0.3, -0.25) is 9.11 Å². The summed E-state index contributed by atoms with van der Waals surface area (Å²) < 4.78 is 62.9. The molecule has 2 atom stereocenters. The molecule has 0 amide bonds. The monoisotopic (exact) mass is 536 g/mol. The van der Waals surface area contributed by atoms with Gasteiger partial charge in [-0.1, -0.05) is 6.07 Å². The normalized spacial score (nSPS) is 13.5. The van der Waals surface area contributed by atoms with Crippen LogP contribution in [-0.2, 0) is 33.1 Å². The third-order valence-corrected chi connectivity index (χ3v) is 6.71. The van der Waals surface area contributed by atoms with Gasteiger partial charge in [0, 0.05) is 24.2 Å². The van der Waals surface area contributed by atoms with Gasteiger partial charge < -0.3 is 24.5 Å². The van der Waals surface area contributed by atoms with Crippen molar-refractivity contribution in [1.82, 2.24) is 0 Å². The predicted molar refractivity (Wildman–Crippen MR) is 125 cm³/mol. The van der Waals surface area contributed by atoms with Crippen LogP contribution in [-0.4, -0.2) is 59.9 Å². The molecule has 14 heteroatoms. The maximum Gasteiger partial charge on any atom is 1.00 e. The van der Waals surface area contributed by atoms with E-state index in [-0.39, 0.29) is 80.5 Å². The van der Waals surface area contributed by atoms with Crippen LogP contribution >= 0.6 is 0 Å². The van der Waals surface area contributed by atoms with Crippen molar-refractivity contribution in [2.75, 3.05) is 23.0 Å². The van der Waals surface area contributed by atoms with E-state index < -0.39 is 43.9 Å². The zero-order valence-electron chi connectivity index (χ0n) is 21.7. The Balaban J connectivity index is -0.00000272. The van der Waals surface area contributed by atoms with E-state index in [4.69, 9.17) is 20.6 Å². The molecule has 0 saturated heterocycles. The number of aliphatic hydroxyl groups excluding tert-OH is 2. The molecular formula is C20H30N2Na2O8S2. The Bertz CT molecular complexity index is 1230. The van der Waals surface area contributed by atoms with Crippen molar-refractivity contribution in [3.8, 4) is 11.1 Å². The summed E-state index contributed by atoms with van der Waals surface area (Å²) in [5.41, 5.74) is 16.2. The number of hydrogen-bond donors (Lipinski definition) is 6. The second-order valence-corrected chi connectivity index (χ2v) is 10.9. The first-order valence-electron chi connectivity index (χ1n) is 9.61. The summed E-state index contributed by atoms with van der Waals surface area (Å²) in [6.45, 7) is 3.46. The molecule has 0 heterocycles. The van der Waals surface area contributed by atoms with Gasteiger partial charge in [0.05, 0.1) is 12.2 Å². The van der Waals surface area contributed by atoms with E-state index in [1.54, 1.807) is 38.1 Å². The minimum Gasteiger partial charge on any atom is -1.00 e. The van der Waals surface area contributed by atoms with Crippen LogP contribution in [0.2, 0.25) is 0 Å². The quantitative estimate of drug-likeness (QED) is 0.102. The number of aryl methyl sites for hydroxylation is 1. The number of hydrogen-bond acceptors (Lipinski definition) is 8. The Hall–Kier alpha value is -0.220. The molecule has 2 aromatic carbocycles. The Labute approximate surface area is 247 Å². The Morgan fingerprint density at radius 2 is 1.35 bits per heavy atom. The zero-order chi connectivity index (χ0) is 24.4. The molecule has 8 N–H and O–H groups in total. The molecular weight excluding hydrogens is 506 g/mol. The van der Waals surface area contributed by atoms with Gasteiger partial charge in [0.15, 0.2) is 0 Å². The largest absolute Gasteiger partial charge is 1.00 e. The molecule has 182 valence electrons. The third-order valence-electron chi connectivity index (χ3n) is 5.10. The van der Waals surface area contributed by atoms with Crippen molar-refractivity contribution in [3.05, 3.63) is 46.5 Å². The molecule has 10 nitrogen and oxygen atoms in total. The first-order chi connectivity index (χ1) is 14.6. The van der Waals surface area contributed by atoms with E-state index in [0.717, 1.165) is 5.56 Å². The van der Waals surface area contributed by atoms with E-state index in [9.17, 15) is 27.0 Å². The van der Waals surface area contributed by atoms with E-state index in [1.165, 1.54) is 0 Å². The van der Waals surface area contributed by atoms with E-state index in [1.807, 2.05) is 0 Å². The minimum absolute atomic E-state index is 0.